The molecule has 0 aromatic rings. The molecule has 0 rings (SSSR count). The molecular weight excluding hydrogens is 250 g/mol. The second kappa shape index (κ2) is 7.10. The van der Waals surface area contributed by atoms with Gasteiger partial charge in [0, 0.05) is 13.6 Å². The van der Waals surface area contributed by atoms with Gasteiger partial charge >= 0.3 is 12.0 Å². The highest BCUT2D eigenvalue weighted by molar-refractivity contribution is 5.85. The fraction of sp³-hybridized carbons (Fsp3) is 0.800. The number of likely N-dealkylation sites (N-methyl/N-ethyl adjacent to an activating group) is 1. The zero-order valence-electron chi connectivity index (χ0n) is 10.6. The maximum absolute atomic E-state index is 11.7. The van der Waals surface area contributed by atoms with Crippen molar-refractivity contribution >= 4 is 12.0 Å². The van der Waals surface area contributed by atoms with Gasteiger partial charge in [0.2, 0.25) is 0 Å². The molecule has 0 radical (unpaired) electrons. The van der Waals surface area contributed by atoms with E-state index in [1.54, 1.807) is 0 Å². The van der Waals surface area contributed by atoms with Crippen molar-refractivity contribution in [3.8, 4) is 0 Å². The first kappa shape index (κ1) is 16.6. The van der Waals surface area contributed by atoms with Gasteiger partial charge in [0.15, 0.2) is 0 Å². The first-order chi connectivity index (χ1) is 8.19. The number of carboxylic acids is 1. The summed E-state index contributed by atoms with van der Waals surface area (Å²) in [5.74, 6) is -1.14. The average Bonchev–Trinajstić information content (AvgIpc) is 2.26. The molecular formula is C10H18F2N2O4. The highest BCUT2D eigenvalue weighted by Crippen LogP contribution is 2.12. The van der Waals surface area contributed by atoms with Gasteiger partial charge in [-0.1, -0.05) is 0 Å². The van der Waals surface area contributed by atoms with Crippen LogP contribution in [0, 0.1) is 0 Å². The lowest BCUT2D eigenvalue weighted by Gasteiger charge is -2.31. The Kier molecular flexibility index (Phi) is 6.53. The monoisotopic (exact) mass is 268 g/mol. The maximum atomic E-state index is 11.7. The Morgan fingerprint density at radius 1 is 1.44 bits per heavy atom. The fourth-order valence-electron chi connectivity index (χ4n) is 0.918. The number of alkyl halides is 2. The number of ether oxygens (including phenoxy) is 1. The lowest BCUT2D eigenvalue weighted by atomic mass is 10.1. The first-order valence-electron chi connectivity index (χ1n) is 5.30. The van der Waals surface area contributed by atoms with Crippen LogP contribution in [0.15, 0.2) is 0 Å². The van der Waals surface area contributed by atoms with Crippen molar-refractivity contribution < 1.29 is 28.2 Å². The van der Waals surface area contributed by atoms with Crippen LogP contribution in [0.5, 0.6) is 0 Å². The van der Waals surface area contributed by atoms with E-state index in [-0.39, 0.29) is 13.2 Å². The van der Waals surface area contributed by atoms with Crippen molar-refractivity contribution in [3.63, 3.8) is 0 Å². The van der Waals surface area contributed by atoms with E-state index in [4.69, 9.17) is 5.11 Å². The van der Waals surface area contributed by atoms with Gasteiger partial charge in [-0.25, -0.2) is 18.4 Å². The standard InChI is InChI=1S/C10H18F2N2O4/c1-10(2,8(15)16)14(3)9(17)13-4-5-18-6-7(11)12/h7H,4-6H2,1-3H3,(H,13,17)(H,15,16). The number of hydrogen-bond donors (Lipinski definition) is 2. The Balaban J connectivity index is 3.99. The molecule has 0 aliphatic carbocycles. The lowest BCUT2D eigenvalue weighted by Crippen LogP contribution is -2.54. The molecule has 0 saturated heterocycles. The average molecular weight is 268 g/mol. The van der Waals surface area contributed by atoms with Gasteiger partial charge in [0.25, 0.3) is 6.43 Å². The molecule has 0 heterocycles. The highest BCUT2D eigenvalue weighted by atomic mass is 19.3. The van der Waals surface area contributed by atoms with Crippen LogP contribution < -0.4 is 5.32 Å². The van der Waals surface area contributed by atoms with Crippen molar-refractivity contribution in [3.05, 3.63) is 0 Å². The Hall–Kier alpha value is -1.44. The van der Waals surface area contributed by atoms with Crippen LogP contribution >= 0.6 is 0 Å². The van der Waals surface area contributed by atoms with E-state index < -0.39 is 30.6 Å². The molecule has 0 aliphatic rings. The number of rotatable bonds is 7. The number of carboxylic acid groups (broad SMARTS) is 1. The van der Waals surface area contributed by atoms with Crippen LogP contribution in [-0.4, -0.2) is 60.8 Å². The van der Waals surface area contributed by atoms with Gasteiger partial charge in [-0.2, -0.15) is 0 Å². The number of urea groups is 1. The Bertz CT molecular complexity index is 298. The number of aliphatic carboxylic acids is 1. The van der Waals surface area contributed by atoms with Gasteiger partial charge in [0.05, 0.1) is 6.61 Å². The first-order valence-corrected chi connectivity index (χ1v) is 5.30. The fourth-order valence-corrected chi connectivity index (χ4v) is 0.918. The molecule has 8 heteroatoms. The zero-order chi connectivity index (χ0) is 14.3. The molecule has 0 fully saturated rings. The van der Waals surface area contributed by atoms with Gasteiger partial charge < -0.3 is 20.1 Å². The van der Waals surface area contributed by atoms with Crippen molar-refractivity contribution in [2.24, 2.45) is 0 Å². The van der Waals surface area contributed by atoms with Gasteiger partial charge in [-0.05, 0) is 13.8 Å². The molecule has 18 heavy (non-hydrogen) atoms. The quantitative estimate of drug-likeness (QED) is 0.668. The van der Waals surface area contributed by atoms with E-state index in [1.165, 1.54) is 20.9 Å². The SMILES string of the molecule is CN(C(=O)NCCOCC(F)F)C(C)(C)C(=O)O. The minimum Gasteiger partial charge on any atom is -0.480 e. The van der Waals surface area contributed by atoms with Crippen molar-refractivity contribution in [2.45, 2.75) is 25.8 Å². The zero-order valence-corrected chi connectivity index (χ0v) is 10.6. The van der Waals surface area contributed by atoms with E-state index in [0.29, 0.717) is 0 Å². The molecule has 0 aromatic carbocycles. The van der Waals surface area contributed by atoms with Crippen LogP contribution in [0.4, 0.5) is 13.6 Å². The van der Waals surface area contributed by atoms with Crippen LogP contribution in [0.25, 0.3) is 0 Å². The molecule has 2 N–H and O–H groups in total. The third kappa shape index (κ3) is 5.26. The molecule has 0 unspecified atom stereocenters. The highest BCUT2D eigenvalue weighted by Gasteiger charge is 2.34. The molecule has 106 valence electrons. The summed E-state index contributed by atoms with van der Waals surface area (Å²) >= 11 is 0. The van der Waals surface area contributed by atoms with Gasteiger partial charge in [-0.3, -0.25) is 0 Å². The predicted octanol–water partition coefficient (Wildman–Crippen LogP) is 0.773. The molecule has 0 atom stereocenters. The second-order valence-electron chi connectivity index (χ2n) is 4.12. The molecule has 0 bridgehead atoms. The van der Waals surface area contributed by atoms with E-state index in [2.05, 4.69) is 10.1 Å². The van der Waals surface area contributed by atoms with E-state index in [0.717, 1.165) is 4.90 Å². The summed E-state index contributed by atoms with van der Waals surface area (Å²) in [4.78, 5) is 23.4. The number of nitrogens with zero attached hydrogens (tertiary/aromatic N) is 1. The number of hydrogen-bond acceptors (Lipinski definition) is 3. The van der Waals surface area contributed by atoms with Crippen LogP contribution in [0.1, 0.15) is 13.8 Å². The molecule has 2 amide bonds. The number of nitrogens with one attached hydrogen (secondary N) is 1. The number of halogens is 2. The largest absolute Gasteiger partial charge is 0.480 e. The van der Waals surface area contributed by atoms with Gasteiger partial charge in [-0.15, -0.1) is 0 Å². The summed E-state index contributed by atoms with van der Waals surface area (Å²) < 4.78 is 28.0. The van der Waals surface area contributed by atoms with E-state index in [9.17, 15) is 18.4 Å². The Labute approximate surface area is 104 Å². The minimum absolute atomic E-state index is 0.0333. The van der Waals surface area contributed by atoms with E-state index in [1.807, 2.05) is 0 Å². The van der Waals surface area contributed by atoms with Crippen LogP contribution in [-0.2, 0) is 9.53 Å². The molecule has 0 saturated carbocycles. The molecule has 0 aliphatic heterocycles. The van der Waals surface area contributed by atoms with Crippen LogP contribution in [0.2, 0.25) is 0 Å². The third-order valence-electron chi connectivity index (χ3n) is 2.43. The normalized spacial score (nSPS) is 11.4. The molecule has 0 spiro atoms. The molecule has 0 aromatic heterocycles. The van der Waals surface area contributed by atoms with Crippen molar-refractivity contribution in [1.82, 2.24) is 10.2 Å². The summed E-state index contributed by atoms with van der Waals surface area (Å²) in [6, 6.07) is -0.608. The summed E-state index contributed by atoms with van der Waals surface area (Å²) in [5, 5.41) is 11.3. The smallest absolute Gasteiger partial charge is 0.329 e. The maximum Gasteiger partial charge on any atom is 0.329 e. The topological polar surface area (TPSA) is 78.9 Å². The van der Waals surface area contributed by atoms with Crippen LogP contribution in [0.3, 0.4) is 0 Å². The minimum atomic E-state index is -2.55. The second-order valence-corrected chi connectivity index (χ2v) is 4.12. The van der Waals surface area contributed by atoms with Gasteiger partial charge in [0.1, 0.15) is 12.1 Å². The summed E-state index contributed by atoms with van der Waals surface area (Å²) in [5.41, 5.74) is -1.35. The lowest BCUT2D eigenvalue weighted by molar-refractivity contribution is -0.146. The molecule has 6 nitrogen and oxygen atoms in total. The number of carbonyl (C=O) groups is 2. The van der Waals surface area contributed by atoms with E-state index >= 15 is 0 Å². The summed E-state index contributed by atoms with van der Waals surface area (Å²) in [7, 11) is 1.34. The summed E-state index contributed by atoms with van der Waals surface area (Å²) in [6.07, 6.45) is -2.55. The Morgan fingerprint density at radius 2 is 2.00 bits per heavy atom. The Morgan fingerprint density at radius 3 is 2.44 bits per heavy atom. The summed E-state index contributed by atoms with van der Waals surface area (Å²) in [6.45, 7) is 2.04. The number of amides is 2. The third-order valence-corrected chi connectivity index (χ3v) is 2.43. The number of carbonyl (C=O) groups excluding carboxylic acids is 1. The van der Waals surface area contributed by atoms with Crippen molar-refractivity contribution in [2.75, 3.05) is 26.8 Å². The van der Waals surface area contributed by atoms with Crippen molar-refractivity contribution in [1.29, 1.82) is 0 Å². The predicted molar refractivity (Wildman–Crippen MR) is 59.7 cm³/mol.